The highest BCUT2D eigenvalue weighted by atomic mass is 32.2. The molecule has 0 atom stereocenters. The maximum atomic E-state index is 12.5. The van der Waals surface area contributed by atoms with Crippen molar-refractivity contribution < 1.29 is 13.2 Å². The standard InChI is InChI=1S/C15H18N2O3S/c1-3-11-6-4-5-7-14(11)17-21(18,19)15-9-8-12(20-2)10-13(15)16/h4-10,17H,3,16H2,1-2H3. The van der Waals surface area contributed by atoms with Crippen molar-refractivity contribution >= 4 is 21.4 Å². The van der Waals surface area contributed by atoms with Gasteiger partial charge in [-0.05, 0) is 30.2 Å². The third-order valence-corrected chi connectivity index (χ3v) is 4.59. The zero-order chi connectivity index (χ0) is 15.5. The number of nitrogens with two attached hydrogens (primary N) is 1. The van der Waals surface area contributed by atoms with Gasteiger partial charge in [0.25, 0.3) is 10.0 Å². The maximum Gasteiger partial charge on any atom is 0.263 e. The van der Waals surface area contributed by atoms with Gasteiger partial charge in [-0.2, -0.15) is 0 Å². The molecule has 2 rings (SSSR count). The molecule has 21 heavy (non-hydrogen) atoms. The molecule has 0 bridgehead atoms. The molecule has 6 heteroatoms. The van der Waals surface area contributed by atoms with Gasteiger partial charge in [-0.15, -0.1) is 0 Å². The summed E-state index contributed by atoms with van der Waals surface area (Å²) in [4.78, 5) is 0.0363. The van der Waals surface area contributed by atoms with Crippen LogP contribution in [0.5, 0.6) is 5.75 Å². The Morgan fingerprint density at radius 2 is 1.90 bits per heavy atom. The zero-order valence-corrected chi connectivity index (χ0v) is 12.8. The molecule has 112 valence electrons. The molecule has 0 radical (unpaired) electrons. The van der Waals surface area contributed by atoms with Crippen LogP contribution < -0.4 is 15.2 Å². The molecule has 0 fully saturated rings. The highest BCUT2D eigenvalue weighted by Crippen LogP contribution is 2.26. The van der Waals surface area contributed by atoms with Gasteiger partial charge in [-0.3, -0.25) is 4.72 Å². The number of aryl methyl sites for hydroxylation is 1. The number of anilines is 2. The quantitative estimate of drug-likeness (QED) is 0.832. The van der Waals surface area contributed by atoms with Gasteiger partial charge in [0.15, 0.2) is 0 Å². The maximum absolute atomic E-state index is 12.5. The number of nitrogens with one attached hydrogen (secondary N) is 1. The molecule has 0 spiro atoms. The summed E-state index contributed by atoms with van der Waals surface area (Å²) in [6.07, 6.45) is 0.733. The Morgan fingerprint density at radius 1 is 1.19 bits per heavy atom. The average molecular weight is 306 g/mol. The van der Waals surface area contributed by atoms with Crippen molar-refractivity contribution in [2.24, 2.45) is 0 Å². The minimum Gasteiger partial charge on any atom is -0.497 e. The van der Waals surface area contributed by atoms with Crippen molar-refractivity contribution in [3.63, 3.8) is 0 Å². The van der Waals surface area contributed by atoms with Crippen LogP contribution in [-0.2, 0) is 16.4 Å². The number of hydrogen-bond acceptors (Lipinski definition) is 4. The minimum atomic E-state index is -3.73. The second-order valence-corrected chi connectivity index (χ2v) is 6.17. The lowest BCUT2D eigenvalue weighted by Gasteiger charge is -2.13. The number of benzene rings is 2. The predicted octanol–water partition coefficient (Wildman–Crippen LogP) is 2.64. The van der Waals surface area contributed by atoms with Crippen LogP contribution in [0.4, 0.5) is 11.4 Å². The summed E-state index contributed by atoms with van der Waals surface area (Å²) in [6, 6.07) is 11.8. The summed E-state index contributed by atoms with van der Waals surface area (Å²) in [7, 11) is -2.23. The number of nitrogen functional groups attached to an aromatic ring is 1. The van der Waals surface area contributed by atoms with E-state index in [1.165, 1.54) is 19.2 Å². The monoisotopic (exact) mass is 306 g/mol. The average Bonchev–Trinajstić information content (AvgIpc) is 2.47. The molecule has 3 N–H and O–H groups in total. The van der Waals surface area contributed by atoms with Crippen LogP contribution in [0, 0.1) is 0 Å². The molecule has 2 aromatic rings. The first-order chi connectivity index (χ1) is 9.97. The normalized spacial score (nSPS) is 11.1. The largest absolute Gasteiger partial charge is 0.497 e. The fourth-order valence-electron chi connectivity index (χ4n) is 2.03. The molecule has 5 nitrogen and oxygen atoms in total. The number of ether oxygens (including phenoxy) is 1. The molecule has 0 aliphatic rings. The van der Waals surface area contributed by atoms with Gasteiger partial charge in [-0.1, -0.05) is 25.1 Å². The van der Waals surface area contributed by atoms with Crippen molar-refractivity contribution in [2.75, 3.05) is 17.6 Å². The SMILES string of the molecule is CCc1ccccc1NS(=O)(=O)c1ccc(OC)cc1N. The van der Waals surface area contributed by atoms with Crippen LogP contribution in [-0.4, -0.2) is 15.5 Å². The molecular weight excluding hydrogens is 288 g/mol. The number of methoxy groups -OCH3 is 1. The predicted molar refractivity (Wildman–Crippen MR) is 84.0 cm³/mol. The second-order valence-electron chi connectivity index (χ2n) is 4.52. The number of para-hydroxylation sites is 1. The highest BCUT2D eigenvalue weighted by molar-refractivity contribution is 7.92. The number of sulfonamides is 1. The Labute approximate surface area is 124 Å². The van der Waals surface area contributed by atoms with E-state index in [1.54, 1.807) is 18.2 Å². The van der Waals surface area contributed by atoms with Crippen LogP contribution in [0.1, 0.15) is 12.5 Å². The molecule has 0 saturated heterocycles. The topological polar surface area (TPSA) is 81.4 Å². The van der Waals surface area contributed by atoms with E-state index in [-0.39, 0.29) is 10.6 Å². The number of hydrogen-bond donors (Lipinski definition) is 2. The first-order valence-electron chi connectivity index (χ1n) is 6.52. The van der Waals surface area contributed by atoms with Crippen molar-refractivity contribution in [3.8, 4) is 5.75 Å². The van der Waals surface area contributed by atoms with Crippen molar-refractivity contribution in [2.45, 2.75) is 18.2 Å². The van der Waals surface area contributed by atoms with E-state index in [2.05, 4.69) is 4.72 Å². The van der Waals surface area contributed by atoms with Gasteiger partial charge in [0.1, 0.15) is 10.6 Å². The Hall–Kier alpha value is -2.21. The summed E-state index contributed by atoms with van der Waals surface area (Å²) >= 11 is 0. The molecule has 0 aromatic heterocycles. The first kappa shape index (κ1) is 15.2. The summed E-state index contributed by atoms with van der Waals surface area (Å²) in [6.45, 7) is 1.97. The Morgan fingerprint density at radius 3 is 2.52 bits per heavy atom. The fraction of sp³-hybridized carbons (Fsp3) is 0.200. The van der Waals surface area contributed by atoms with Crippen LogP contribution in [0.25, 0.3) is 0 Å². The van der Waals surface area contributed by atoms with Gasteiger partial charge < -0.3 is 10.5 Å². The Kier molecular flexibility index (Phi) is 4.37. The summed E-state index contributed by atoms with van der Waals surface area (Å²) in [5.41, 5.74) is 7.45. The zero-order valence-electron chi connectivity index (χ0n) is 12.0. The lowest BCUT2D eigenvalue weighted by atomic mass is 10.1. The fourth-order valence-corrected chi connectivity index (χ4v) is 3.24. The van der Waals surface area contributed by atoms with Gasteiger partial charge in [0, 0.05) is 6.07 Å². The molecule has 0 aliphatic carbocycles. The molecule has 0 heterocycles. The van der Waals surface area contributed by atoms with E-state index in [0.29, 0.717) is 11.4 Å². The molecule has 2 aromatic carbocycles. The smallest absolute Gasteiger partial charge is 0.263 e. The highest BCUT2D eigenvalue weighted by Gasteiger charge is 2.19. The van der Waals surface area contributed by atoms with E-state index < -0.39 is 10.0 Å². The molecule has 0 amide bonds. The summed E-state index contributed by atoms with van der Waals surface area (Å²) in [5, 5.41) is 0. The van der Waals surface area contributed by atoms with Crippen LogP contribution in [0.15, 0.2) is 47.4 Å². The van der Waals surface area contributed by atoms with Gasteiger partial charge in [0.05, 0.1) is 18.5 Å². The van der Waals surface area contributed by atoms with Crippen LogP contribution in [0.3, 0.4) is 0 Å². The van der Waals surface area contributed by atoms with Crippen molar-refractivity contribution in [3.05, 3.63) is 48.0 Å². The van der Waals surface area contributed by atoms with Gasteiger partial charge in [0.2, 0.25) is 0 Å². The third kappa shape index (κ3) is 3.28. The van der Waals surface area contributed by atoms with Crippen LogP contribution in [0.2, 0.25) is 0 Å². The molecule has 0 aliphatic heterocycles. The van der Waals surface area contributed by atoms with Crippen LogP contribution >= 0.6 is 0 Å². The van der Waals surface area contributed by atoms with E-state index in [0.717, 1.165) is 12.0 Å². The lowest BCUT2D eigenvalue weighted by molar-refractivity contribution is 0.414. The molecular formula is C15H18N2O3S. The van der Waals surface area contributed by atoms with Gasteiger partial charge >= 0.3 is 0 Å². The van der Waals surface area contributed by atoms with E-state index in [1.807, 2.05) is 19.1 Å². The van der Waals surface area contributed by atoms with E-state index in [9.17, 15) is 8.42 Å². The van der Waals surface area contributed by atoms with Gasteiger partial charge in [-0.25, -0.2) is 8.42 Å². The molecule has 0 saturated carbocycles. The van der Waals surface area contributed by atoms with E-state index in [4.69, 9.17) is 10.5 Å². The summed E-state index contributed by atoms with van der Waals surface area (Å²) < 4.78 is 32.5. The lowest BCUT2D eigenvalue weighted by Crippen LogP contribution is -2.15. The Balaban J connectivity index is 2.39. The Bertz CT molecular complexity index is 742. The van der Waals surface area contributed by atoms with Crippen molar-refractivity contribution in [1.82, 2.24) is 0 Å². The molecule has 0 unspecified atom stereocenters. The van der Waals surface area contributed by atoms with E-state index >= 15 is 0 Å². The van der Waals surface area contributed by atoms with Crippen molar-refractivity contribution in [1.29, 1.82) is 0 Å². The number of rotatable bonds is 5. The minimum absolute atomic E-state index is 0.0363. The first-order valence-corrected chi connectivity index (χ1v) is 8.00. The second kappa shape index (κ2) is 6.05. The summed E-state index contributed by atoms with van der Waals surface area (Å²) in [5.74, 6) is 0.514. The third-order valence-electron chi connectivity index (χ3n) is 3.15.